The molecule has 1 fully saturated rings. The maximum atomic E-state index is 12.2. The Balaban J connectivity index is 1.68. The topological polar surface area (TPSA) is 55.8 Å². The number of rotatable bonds is 5. The van der Waals surface area contributed by atoms with E-state index >= 15 is 0 Å². The zero-order chi connectivity index (χ0) is 16.1. The number of nitrogens with zero attached hydrogens (tertiary/aromatic N) is 1. The average molecular weight is 311 g/mol. The molecule has 0 N–H and O–H groups in total. The quantitative estimate of drug-likeness (QED) is 0.852. The second-order valence-corrected chi connectivity index (χ2v) is 5.22. The van der Waals surface area contributed by atoms with Crippen molar-refractivity contribution in [1.29, 1.82) is 0 Å². The van der Waals surface area contributed by atoms with E-state index in [1.807, 2.05) is 54.6 Å². The monoisotopic (exact) mass is 311 g/mol. The van der Waals surface area contributed by atoms with Crippen molar-refractivity contribution < 1.29 is 19.1 Å². The first-order chi connectivity index (χ1) is 11.2. The molecule has 0 spiro atoms. The van der Waals surface area contributed by atoms with Crippen molar-refractivity contribution in [2.45, 2.75) is 13.0 Å². The number of benzene rings is 2. The van der Waals surface area contributed by atoms with Crippen molar-refractivity contribution >= 4 is 12.0 Å². The molecule has 118 valence electrons. The molecule has 23 heavy (non-hydrogen) atoms. The summed E-state index contributed by atoms with van der Waals surface area (Å²) in [5.74, 6) is 0.375. The van der Waals surface area contributed by atoms with Crippen LogP contribution in [0.1, 0.15) is 11.1 Å². The van der Waals surface area contributed by atoms with Crippen LogP contribution in [0.15, 0.2) is 54.6 Å². The van der Waals surface area contributed by atoms with E-state index in [-0.39, 0.29) is 18.9 Å². The fourth-order valence-electron chi connectivity index (χ4n) is 2.40. The van der Waals surface area contributed by atoms with Gasteiger partial charge in [0.15, 0.2) is 0 Å². The number of ether oxygens (including phenoxy) is 2. The number of carbonyl (C=O) groups excluding carboxylic acids is 2. The molecule has 0 bridgehead atoms. The molecule has 0 aliphatic carbocycles. The highest BCUT2D eigenvalue weighted by molar-refractivity contribution is 5.94. The fraction of sp³-hybridized carbons (Fsp3) is 0.222. The van der Waals surface area contributed by atoms with Crippen LogP contribution in [0.5, 0.6) is 5.75 Å². The molecule has 1 heterocycles. The molecular weight excluding hydrogens is 294 g/mol. The van der Waals surface area contributed by atoms with Gasteiger partial charge < -0.3 is 9.47 Å². The van der Waals surface area contributed by atoms with Crippen LogP contribution in [0.4, 0.5) is 4.79 Å². The lowest BCUT2D eigenvalue weighted by atomic mass is 10.1. The summed E-state index contributed by atoms with van der Waals surface area (Å²) < 4.78 is 10.6. The lowest BCUT2D eigenvalue weighted by Crippen LogP contribution is -2.32. The van der Waals surface area contributed by atoms with Gasteiger partial charge in [-0.05, 0) is 11.6 Å². The summed E-state index contributed by atoms with van der Waals surface area (Å²) >= 11 is 0. The molecule has 2 aromatic rings. The van der Waals surface area contributed by atoms with Crippen molar-refractivity contribution in [3.05, 3.63) is 65.7 Å². The summed E-state index contributed by atoms with van der Waals surface area (Å²) in [6.07, 6.45) is -0.460. The Morgan fingerprint density at radius 1 is 1.09 bits per heavy atom. The highest BCUT2D eigenvalue weighted by Crippen LogP contribution is 2.21. The number of cyclic esters (lactones) is 1. The number of imide groups is 1. The van der Waals surface area contributed by atoms with Crippen molar-refractivity contribution in [3.8, 4) is 5.75 Å². The second kappa shape index (κ2) is 6.96. The average Bonchev–Trinajstić information content (AvgIpc) is 3.01. The zero-order valence-corrected chi connectivity index (χ0v) is 12.6. The van der Waals surface area contributed by atoms with Crippen LogP contribution < -0.4 is 4.74 Å². The van der Waals surface area contributed by atoms with Gasteiger partial charge in [0.05, 0.1) is 13.0 Å². The SMILES string of the molecule is O=C(Cc1ccccc1OCc1ccccc1)N1CCOC1=O. The third kappa shape index (κ3) is 3.69. The van der Waals surface area contributed by atoms with E-state index in [1.54, 1.807) is 0 Å². The van der Waals surface area contributed by atoms with Gasteiger partial charge in [0.1, 0.15) is 19.0 Å². The zero-order valence-electron chi connectivity index (χ0n) is 12.6. The normalized spacial score (nSPS) is 13.7. The molecule has 0 saturated carbocycles. The van der Waals surface area contributed by atoms with Crippen LogP contribution in [0.25, 0.3) is 0 Å². The highest BCUT2D eigenvalue weighted by Gasteiger charge is 2.28. The molecule has 1 aliphatic heterocycles. The molecule has 1 saturated heterocycles. The van der Waals surface area contributed by atoms with E-state index in [1.165, 1.54) is 0 Å². The Morgan fingerprint density at radius 3 is 2.57 bits per heavy atom. The number of carbonyl (C=O) groups is 2. The van der Waals surface area contributed by atoms with Crippen LogP contribution >= 0.6 is 0 Å². The van der Waals surface area contributed by atoms with Gasteiger partial charge in [-0.2, -0.15) is 0 Å². The van der Waals surface area contributed by atoms with E-state index in [0.29, 0.717) is 18.9 Å². The van der Waals surface area contributed by atoms with Crippen LogP contribution in [0.2, 0.25) is 0 Å². The minimum atomic E-state index is -0.572. The molecule has 0 unspecified atom stereocenters. The molecular formula is C18H17NO4. The molecule has 5 nitrogen and oxygen atoms in total. The Labute approximate surface area is 134 Å². The lowest BCUT2D eigenvalue weighted by molar-refractivity contribution is -0.127. The van der Waals surface area contributed by atoms with Crippen LogP contribution in [-0.2, 0) is 22.6 Å². The van der Waals surface area contributed by atoms with Gasteiger partial charge in [-0.15, -0.1) is 0 Å². The smallest absolute Gasteiger partial charge is 0.416 e. The first-order valence-corrected chi connectivity index (χ1v) is 7.46. The third-order valence-corrected chi connectivity index (χ3v) is 3.61. The summed E-state index contributed by atoms with van der Waals surface area (Å²) in [6, 6.07) is 17.2. The molecule has 0 aromatic heterocycles. The van der Waals surface area contributed by atoms with Gasteiger partial charge in [0, 0.05) is 5.56 Å². The lowest BCUT2D eigenvalue weighted by Gasteiger charge is -2.14. The Kier molecular flexibility index (Phi) is 4.57. The molecule has 1 aliphatic rings. The first-order valence-electron chi connectivity index (χ1n) is 7.46. The van der Waals surface area contributed by atoms with E-state index in [0.717, 1.165) is 16.0 Å². The Bertz CT molecular complexity index is 699. The number of para-hydroxylation sites is 1. The van der Waals surface area contributed by atoms with E-state index in [4.69, 9.17) is 9.47 Å². The molecule has 3 rings (SSSR count). The van der Waals surface area contributed by atoms with Crippen LogP contribution in [-0.4, -0.2) is 30.1 Å². The first kappa shape index (κ1) is 15.1. The van der Waals surface area contributed by atoms with Crippen molar-refractivity contribution in [1.82, 2.24) is 4.90 Å². The molecule has 5 heteroatoms. The predicted octanol–water partition coefficient (Wildman–Crippen LogP) is 2.79. The van der Waals surface area contributed by atoms with Gasteiger partial charge in [-0.1, -0.05) is 48.5 Å². The predicted molar refractivity (Wildman–Crippen MR) is 84.0 cm³/mol. The third-order valence-electron chi connectivity index (χ3n) is 3.61. The maximum absolute atomic E-state index is 12.2. The van der Waals surface area contributed by atoms with Crippen molar-refractivity contribution in [3.63, 3.8) is 0 Å². The second-order valence-electron chi connectivity index (χ2n) is 5.22. The molecule has 2 amide bonds. The van der Waals surface area contributed by atoms with Gasteiger partial charge in [-0.3, -0.25) is 4.79 Å². The molecule has 2 aromatic carbocycles. The summed E-state index contributed by atoms with van der Waals surface area (Å²) in [6.45, 7) is 0.999. The summed E-state index contributed by atoms with van der Waals surface area (Å²) in [5, 5.41) is 0. The summed E-state index contributed by atoms with van der Waals surface area (Å²) in [7, 11) is 0. The van der Waals surface area contributed by atoms with Crippen LogP contribution in [0, 0.1) is 0 Å². The van der Waals surface area contributed by atoms with Gasteiger partial charge >= 0.3 is 6.09 Å². The summed E-state index contributed by atoms with van der Waals surface area (Å²) in [4.78, 5) is 24.8. The van der Waals surface area contributed by atoms with Crippen molar-refractivity contribution in [2.75, 3.05) is 13.2 Å². The highest BCUT2D eigenvalue weighted by atomic mass is 16.6. The van der Waals surface area contributed by atoms with Gasteiger partial charge in [0.2, 0.25) is 5.91 Å². The van der Waals surface area contributed by atoms with E-state index in [2.05, 4.69) is 0 Å². The van der Waals surface area contributed by atoms with Crippen molar-refractivity contribution in [2.24, 2.45) is 0 Å². The Hall–Kier alpha value is -2.82. The minimum absolute atomic E-state index is 0.111. The van der Waals surface area contributed by atoms with E-state index in [9.17, 15) is 9.59 Å². The van der Waals surface area contributed by atoms with E-state index < -0.39 is 6.09 Å². The summed E-state index contributed by atoms with van der Waals surface area (Å²) in [5.41, 5.74) is 1.81. The maximum Gasteiger partial charge on any atom is 0.416 e. The van der Waals surface area contributed by atoms with Gasteiger partial charge in [0.25, 0.3) is 0 Å². The van der Waals surface area contributed by atoms with Gasteiger partial charge in [-0.25, -0.2) is 9.69 Å². The minimum Gasteiger partial charge on any atom is -0.489 e. The number of hydrogen-bond acceptors (Lipinski definition) is 4. The Morgan fingerprint density at radius 2 is 1.83 bits per heavy atom. The standard InChI is InChI=1S/C18H17NO4/c20-17(19-10-11-22-18(19)21)12-15-8-4-5-9-16(15)23-13-14-6-2-1-3-7-14/h1-9H,10-13H2. The van der Waals surface area contributed by atoms with Crippen LogP contribution in [0.3, 0.4) is 0 Å². The molecule has 0 atom stereocenters. The number of amides is 2. The largest absolute Gasteiger partial charge is 0.489 e. The fourth-order valence-corrected chi connectivity index (χ4v) is 2.40. The number of hydrogen-bond donors (Lipinski definition) is 0. The molecule has 0 radical (unpaired) electrons.